The molecule has 0 aliphatic rings. The second-order valence-electron chi connectivity index (χ2n) is 3.64. The summed E-state index contributed by atoms with van der Waals surface area (Å²) in [6.45, 7) is 3.01. The summed E-state index contributed by atoms with van der Waals surface area (Å²) in [6.07, 6.45) is 0.855. The highest BCUT2D eigenvalue weighted by Gasteiger charge is 2.25. The second kappa shape index (κ2) is 6.59. The summed E-state index contributed by atoms with van der Waals surface area (Å²) in [4.78, 5) is 22.8. The van der Waals surface area contributed by atoms with E-state index in [9.17, 15) is 9.59 Å². The van der Waals surface area contributed by atoms with Crippen molar-refractivity contribution in [3.8, 4) is 0 Å². The highest BCUT2D eigenvalue weighted by atomic mass is 16.6. The smallest absolute Gasteiger partial charge is 0.337 e. The molecule has 0 amide bonds. The van der Waals surface area contributed by atoms with Gasteiger partial charge in [0, 0.05) is 6.92 Å². The van der Waals surface area contributed by atoms with Crippen LogP contribution >= 0.6 is 0 Å². The topological polar surface area (TPSA) is 52.6 Å². The van der Waals surface area contributed by atoms with Crippen LogP contribution < -0.4 is 0 Å². The summed E-state index contributed by atoms with van der Waals surface area (Å²) in [5.41, 5.74) is 1.03. The van der Waals surface area contributed by atoms with Gasteiger partial charge >= 0.3 is 11.9 Å². The van der Waals surface area contributed by atoms with Gasteiger partial charge in [-0.3, -0.25) is 4.79 Å². The van der Waals surface area contributed by atoms with Crippen LogP contribution in [0.2, 0.25) is 0 Å². The lowest BCUT2D eigenvalue weighted by atomic mass is 10.0. The third-order valence-corrected chi connectivity index (χ3v) is 2.40. The number of methoxy groups -OCH3 is 1. The SMILES string of the molecule is C/C=C(\C(=O)OC)C(OC(C)=O)c1ccccc1. The monoisotopic (exact) mass is 248 g/mol. The van der Waals surface area contributed by atoms with E-state index >= 15 is 0 Å². The Hall–Kier alpha value is -2.10. The van der Waals surface area contributed by atoms with E-state index in [1.165, 1.54) is 14.0 Å². The standard InChI is InChI=1S/C14H16O4/c1-4-12(14(16)17-3)13(18-10(2)15)11-8-6-5-7-9-11/h4-9,13H,1-3H3/b12-4-. The highest BCUT2D eigenvalue weighted by molar-refractivity contribution is 5.90. The number of hydrogen-bond acceptors (Lipinski definition) is 4. The molecule has 1 aromatic carbocycles. The van der Waals surface area contributed by atoms with E-state index < -0.39 is 18.0 Å². The minimum absolute atomic E-state index is 0.305. The first-order chi connectivity index (χ1) is 8.60. The molecule has 0 aromatic heterocycles. The van der Waals surface area contributed by atoms with Gasteiger partial charge in [-0.05, 0) is 12.5 Å². The molecule has 0 N–H and O–H groups in total. The quantitative estimate of drug-likeness (QED) is 0.606. The maximum Gasteiger partial charge on any atom is 0.337 e. The Morgan fingerprint density at radius 1 is 1.22 bits per heavy atom. The fourth-order valence-corrected chi connectivity index (χ4v) is 1.60. The minimum Gasteiger partial charge on any atom is -0.466 e. The molecule has 0 spiro atoms. The lowest BCUT2D eigenvalue weighted by molar-refractivity contribution is -0.147. The first-order valence-corrected chi connectivity index (χ1v) is 5.56. The number of ether oxygens (including phenoxy) is 2. The molecular weight excluding hydrogens is 232 g/mol. The minimum atomic E-state index is -0.735. The molecular formula is C14H16O4. The van der Waals surface area contributed by atoms with Crippen LogP contribution in [0, 0.1) is 0 Å². The summed E-state index contributed by atoms with van der Waals surface area (Å²) in [5.74, 6) is -0.959. The summed E-state index contributed by atoms with van der Waals surface area (Å²) in [5, 5.41) is 0. The van der Waals surface area contributed by atoms with E-state index in [1.807, 2.05) is 18.2 Å². The van der Waals surface area contributed by atoms with Crippen molar-refractivity contribution in [1.29, 1.82) is 0 Å². The van der Waals surface area contributed by atoms with Gasteiger partial charge in [0.2, 0.25) is 0 Å². The average molecular weight is 248 g/mol. The van der Waals surface area contributed by atoms with E-state index in [-0.39, 0.29) is 0 Å². The molecule has 96 valence electrons. The van der Waals surface area contributed by atoms with Gasteiger partial charge in [-0.1, -0.05) is 36.4 Å². The lowest BCUT2D eigenvalue weighted by Gasteiger charge is -2.19. The van der Waals surface area contributed by atoms with Crippen molar-refractivity contribution >= 4 is 11.9 Å². The van der Waals surface area contributed by atoms with Crippen LogP contribution in [0.3, 0.4) is 0 Å². The van der Waals surface area contributed by atoms with Gasteiger partial charge in [-0.15, -0.1) is 0 Å². The largest absolute Gasteiger partial charge is 0.466 e. The molecule has 4 heteroatoms. The average Bonchev–Trinajstić information content (AvgIpc) is 2.38. The second-order valence-corrected chi connectivity index (χ2v) is 3.64. The Bertz CT molecular complexity index is 448. The molecule has 0 heterocycles. The normalized spacial score (nSPS) is 12.7. The van der Waals surface area contributed by atoms with Crippen LogP contribution in [-0.2, 0) is 19.1 Å². The molecule has 0 aliphatic carbocycles. The van der Waals surface area contributed by atoms with Crippen LogP contribution in [-0.4, -0.2) is 19.0 Å². The zero-order valence-corrected chi connectivity index (χ0v) is 10.7. The van der Waals surface area contributed by atoms with E-state index in [4.69, 9.17) is 4.74 Å². The number of carbonyl (C=O) groups is 2. The van der Waals surface area contributed by atoms with E-state index in [0.29, 0.717) is 5.57 Å². The Morgan fingerprint density at radius 3 is 2.28 bits per heavy atom. The van der Waals surface area contributed by atoms with Crippen LogP contribution in [0.5, 0.6) is 0 Å². The summed E-state index contributed by atoms with van der Waals surface area (Å²) >= 11 is 0. The summed E-state index contributed by atoms with van der Waals surface area (Å²) in [6, 6.07) is 9.06. The molecule has 0 saturated carbocycles. The number of esters is 2. The summed E-state index contributed by atoms with van der Waals surface area (Å²) in [7, 11) is 1.29. The van der Waals surface area contributed by atoms with Crippen LogP contribution in [0.4, 0.5) is 0 Å². The van der Waals surface area contributed by atoms with Crippen molar-refractivity contribution < 1.29 is 19.1 Å². The molecule has 1 atom stereocenters. The Labute approximate surface area is 106 Å². The van der Waals surface area contributed by atoms with Gasteiger partial charge in [0.05, 0.1) is 12.7 Å². The van der Waals surface area contributed by atoms with Crippen molar-refractivity contribution in [3.63, 3.8) is 0 Å². The molecule has 0 radical (unpaired) electrons. The van der Waals surface area contributed by atoms with Gasteiger partial charge in [-0.2, -0.15) is 0 Å². The van der Waals surface area contributed by atoms with Gasteiger partial charge in [0.1, 0.15) is 0 Å². The Morgan fingerprint density at radius 2 is 1.83 bits per heavy atom. The lowest BCUT2D eigenvalue weighted by Crippen LogP contribution is -2.18. The van der Waals surface area contributed by atoms with Crippen LogP contribution in [0.15, 0.2) is 42.0 Å². The van der Waals surface area contributed by atoms with Crippen molar-refractivity contribution in [3.05, 3.63) is 47.5 Å². The molecule has 0 fully saturated rings. The van der Waals surface area contributed by atoms with E-state index in [1.54, 1.807) is 25.1 Å². The number of allylic oxidation sites excluding steroid dienone is 1. The summed E-state index contributed by atoms with van der Waals surface area (Å²) < 4.78 is 9.89. The number of hydrogen-bond donors (Lipinski definition) is 0. The molecule has 1 aromatic rings. The van der Waals surface area contributed by atoms with Crippen molar-refractivity contribution in [2.75, 3.05) is 7.11 Å². The van der Waals surface area contributed by atoms with E-state index in [2.05, 4.69) is 4.74 Å². The molecule has 4 nitrogen and oxygen atoms in total. The molecule has 0 aliphatic heterocycles. The number of carbonyl (C=O) groups excluding carboxylic acids is 2. The number of rotatable bonds is 4. The predicted octanol–water partition coefficient (Wildman–Crippen LogP) is 2.41. The number of benzene rings is 1. The molecule has 0 saturated heterocycles. The Kier molecular flexibility index (Phi) is 5.11. The van der Waals surface area contributed by atoms with Gasteiger partial charge in [-0.25, -0.2) is 4.79 Å². The maximum absolute atomic E-state index is 11.7. The van der Waals surface area contributed by atoms with Gasteiger partial charge in [0.15, 0.2) is 6.10 Å². The molecule has 1 unspecified atom stereocenters. The molecule has 0 bridgehead atoms. The van der Waals surface area contributed by atoms with Crippen molar-refractivity contribution in [1.82, 2.24) is 0 Å². The fraction of sp³-hybridized carbons (Fsp3) is 0.286. The van der Waals surface area contributed by atoms with Crippen molar-refractivity contribution in [2.24, 2.45) is 0 Å². The van der Waals surface area contributed by atoms with Crippen LogP contribution in [0.25, 0.3) is 0 Å². The van der Waals surface area contributed by atoms with Crippen LogP contribution in [0.1, 0.15) is 25.5 Å². The Balaban J connectivity index is 3.13. The first kappa shape index (κ1) is 14.0. The van der Waals surface area contributed by atoms with Gasteiger partial charge in [0.25, 0.3) is 0 Å². The first-order valence-electron chi connectivity index (χ1n) is 5.56. The highest BCUT2D eigenvalue weighted by Crippen LogP contribution is 2.26. The van der Waals surface area contributed by atoms with E-state index in [0.717, 1.165) is 5.56 Å². The maximum atomic E-state index is 11.7. The van der Waals surface area contributed by atoms with Gasteiger partial charge < -0.3 is 9.47 Å². The molecule has 18 heavy (non-hydrogen) atoms. The third-order valence-electron chi connectivity index (χ3n) is 2.40. The van der Waals surface area contributed by atoms with Crippen molar-refractivity contribution in [2.45, 2.75) is 20.0 Å². The zero-order valence-electron chi connectivity index (χ0n) is 10.7. The predicted molar refractivity (Wildman–Crippen MR) is 66.7 cm³/mol. The molecule has 1 rings (SSSR count). The zero-order chi connectivity index (χ0) is 13.5. The third kappa shape index (κ3) is 3.45. The fourth-order valence-electron chi connectivity index (χ4n) is 1.60.